The molecule has 1 aromatic carbocycles. The number of hydrogen-bond acceptors (Lipinski definition) is 3. The van der Waals surface area contributed by atoms with E-state index in [0.717, 1.165) is 5.56 Å². The third kappa shape index (κ3) is 4.95. The van der Waals surface area contributed by atoms with Gasteiger partial charge in [0, 0.05) is 22.3 Å². The molecule has 0 aliphatic rings. The lowest BCUT2D eigenvalue weighted by molar-refractivity contribution is 0.494. The molecule has 0 aromatic heterocycles. The zero-order valence-electron chi connectivity index (χ0n) is 11.3. The van der Waals surface area contributed by atoms with E-state index in [1.165, 1.54) is 6.26 Å². The number of hydrogen-bond donors (Lipinski definition) is 1. The number of sulfone groups is 1. The monoisotopic (exact) mass is 323 g/mol. The summed E-state index contributed by atoms with van der Waals surface area (Å²) >= 11 is 12.1. The van der Waals surface area contributed by atoms with Gasteiger partial charge in [-0.1, -0.05) is 30.1 Å². The molecule has 19 heavy (non-hydrogen) atoms. The van der Waals surface area contributed by atoms with E-state index in [0.29, 0.717) is 23.0 Å². The summed E-state index contributed by atoms with van der Waals surface area (Å²) in [6, 6.07) is 5.04. The SMILES string of the molecule is CCNC(Cc1cc(Cl)ccc1Cl)C(C)S(C)(=O)=O. The summed E-state index contributed by atoms with van der Waals surface area (Å²) < 4.78 is 23.4. The first-order chi connectivity index (χ1) is 8.75. The second-order valence-electron chi connectivity index (χ2n) is 4.64. The zero-order chi connectivity index (χ0) is 14.6. The molecular weight excluding hydrogens is 305 g/mol. The molecule has 0 saturated carbocycles. The van der Waals surface area contributed by atoms with Crippen LogP contribution in [0.5, 0.6) is 0 Å². The molecule has 0 aliphatic heterocycles. The van der Waals surface area contributed by atoms with Gasteiger partial charge < -0.3 is 5.32 Å². The van der Waals surface area contributed by atoms with Crippen LogP contribution in [0, 0.1) is 0 Å². The van der Waals surface area contributed by atoms with Crippen LogP contribution in [-0.4, -0.2) is 32.5 Å². The predicted molar refractivity (Wildman–Crippen MR) is 81.9 cm³/mol. The molecule has 108 valence electrons. The average Bonchev–Trinajstić information content (AvgIpc) is 2.31. The molecule has 0 amide bonds. The highest BCUT2D eigenvalue weighted by Gasteiger charge is 2.26. The van der Waals surface area contributed by atoms with Crippen molar-refractivity contribution in [3.63, 3.8) is 0 Å². The molecule has 0 saturated heterocycles. The van der Waals surface area contributed by atoms with Crippen molar-refractivity contribution in [2.45, 2.75) is 31.6 Å². The fraction of sp³-hybridized carbons (Fsp3) is 0.538. The maximum Gasteiger partial charge on any atom is 0.151 e. The quantitative estimate of drug-likeness (QED) is 0.875. The van der Waals surface area contributed by atoms with Gasteiger partial charge in [-0.15, -0.1) is 0 Å². The lowest BCUT2D eigenvalue weighted by atomic mass is 10.0. The average molecular weight is 324 g/mol. The Morgan fingerprint density at radius 2 is 1.95 bits per heavy atom. The minimum absolute atomic E-state index is 0.184. The van der Waals surface area contributed by atoms with Gasteiger partial charge in [-0.2, -0.15) is 0 Å². The summed E-state index contributed by atoms with van der Waals surface area (Å²) in [4.78, 5) is 0. The van der Waals surface area contributed by atoms with Gasteiger partial charge in [-0.05, 0) is 43.7 Å². The van der Waals surface area contributed by atoms with E-state index < -0.39 is 15.1 Å². The van der Waals surface area contributed by atoms with Crippen LogP contribution in [0.1, 0.15) is 19.4 Å². The molecule has 6 heteroatoms. The number of benzene rings is 1. The molecule has 2 atom stereocenters. The van der Waals surface area contributed by atoms with Crippen LogP contribution in [0.4, 0.5) is 0 Å². The lowest BCUT2D eigenvalue weighted by Gasteiger charge is -2.24. The van der Waals surface area contributed by atoms with Gasteiger partial charge in [-0.3, -0.25) is 0 Å². The molecule has 1 rings (SSSR count). The Morgan fingerprint density at radius 1 is 1.32 bits per heavy atom. The fourth-order valence-electron chi connectivity index (χ4n) is 1.90. The third-order valence-corrected chi connectivity index (χ3v) is 5.44. The van der Waals surface area contributed by atoms with Crippen molar-refractivity contribution in [2.24, 2.45) is 0 Å². The summed E-state index contributed by atoms with van der Waals surface area (Å²) in [7, 11) is -3.11. The van der Waals surface area contributed by atoms with Crippen LogP contribution in [-0.2, 0) is 16.3 Å². The number of nitrogens with one attached hydrogen (secondary N) is 1. The van der Waals surface area contributed by atoms with E-state index >= 15 is 0 Å². The normalized spacial score (nSPS) is 15.2. The molecule has 0 radical (unpaired) electrons. The second kappa shape index (κ2) is 6.93. The molecule has 0 bridgehead atoms. The summed E-state index contributed by atoms with van der Waals surface area (Å²) in [5.41, 5.74) is 0.857. The minimum atomic E-state index is -3.11. The summed E-state index contributed by atoms with van der Waals surface area (Å²) in [5.74, 6) is 0. The Balaban J connectivity index is 2.99. The zero-order valence-corrected chi connectivity index (χ0v) is 13.6. The van der Waals surface area contributed by atoms with E-state index in [9.17, 15) is 8.42 Å². The van der Waals surface area contributed by atoms with Crippen molar-refractivity contribution < 1.29 is 8.42 Å². The Bertz CT molecular complexity index is 531. The largest absolute Gasteiger partial charge is 0.313 e. The molecule has 1 N–H and O–H groups in total. The molecule has 0 spiro atoms. The highest BCUT2D eigenvalue weighted by atomic mass is 35.5. The first-order valence-electron chi connectivity index (χ1n) is 6.12. The van der Waals surface area contributed by atoms with Gasteiger partial charge >= 0.3 is 0 Å². The van der Waals surface area contributed by atoms with Crippen LogP contribution in [0.3, 0.4) is 0 Å². The number of likely N-dealkylation sites (N-methyl/N-ethyl adjacent to an activating group) is 1. The van der Waals surface area contributed by atoms with Gasteiger partial charge in [-0.25, -0.2) is 8.42 Å². The summed E-state index contributed by atoms with van der Waals surface area (Å²) in [6.07, 6.45) is 1.78. The highest BCUT2D eigenvalue weighted by Crippen LogP contribution is 2.23. The van der Waals surface area contributed by atoms with E-state index in [1.54, 1.807) is 25.1 Å². The van der Waals surface area contributed by atoms with Crippen molar-refractivity contribution in [1.82, 2.24) is 5.32 Å². The van der Waals surface area contributed by atoms with Crippen LogP contribution >= 0.6 is 23.2 Å². The molecule has 0 aliphatic carbocycles. The van der Waals surface area contributed by atoms with Crippen molar-refractivity contribution in [3.8, 4) is 0 Å². The second-order valence-corrected chi connectivity index (χ2v) is 7.88. The molecule has 0 fully saturated rings. The summed E-state index contributed by atoms with van der Waals surface area (Å²) in [5, 5.41) is 3.92. The number of halogens is 2. The Hall–Kier alpha value is -0.290. The van der Waals surface area contributed by atoms with E-state index in [4.69, 9.17) is 23.2 Å². The van der Waals surface area contributed by atoms with Gasteiger partial charge in [0.05, 0.1) is 5.25 Å². The van der Waals surface area contributed by atoms with Crippen molar-refractivity contribution >= 4 is 33.0 Å². The molecule has 1 aromatic rings. The van der Waals surface area contributed by atoms with Crippen molar-refractivity contribution in [2.75, 3.05) is 12.8 Å². The van der Waals surface area contributed by atoms with Crippen molar-refractivity contribution in [1.29, 1.82) is 0 Å². The fourth-order valence-corrected chi connectivity index (χ4v) is 3.08. The van der Waals surface area contributed by atoms with Gasteiger partial charge in [0.25, 0.3) is 0 Å². The Kier molecular flexibility index (Phi) is 6.12. The van der Waals surface area contributed by atoms with E-state index in [2.05, 4.69) is 5.32 Å². The molecular formula is C13H19Cl2NO2S. The predicted octanol–water partition coefficient (Wildman–Crippen LogP) is 2.95. The lowest BCUT2D eigenvalue weighted by Crippen LogP contribution is -2.43. The molecule has 2 unspecified atom stereocenters. The van der Waals surface area contributed by atoms with Crippen LogP contribution in [0.2, 0.25) is 10.0 Å². The van der Waals surface area contributed by atoms with Gasteiger partial charge in [0.2, 0.25) is 0 Å². The van der Waals surface area contributed by atoms with Gasteiger partial charge in [0.15, 0.2) is 9.84 Å². The Morgan fingerprint density at radius 3 is 2.47 bits per heavy atom. The minimum Gasteiger partial charge on any atom is -0.313 e. The van der Waals surface area contributed by atoms with Crippen LogP contribution < -0.4 is 5.32 Å². The maximum atomic E-state index is 11.7. The summed E-state index contributed by atoms with van der Waals surface area (Å²) in [6.45, 7) is 4.35. The number of rotatable bonds is 6. The van der Waals surface area contributed by atoms with Crippen molar-refractivity contribution in [3.05, 3.63) is 33.8 Å². The Labute approximate surface area is 125 Å². The first-order valence-corrected chi connectivity index (χ1v) is 8.83. The maximum absolute atomic E-state index is 11.7. The third-order valence-electron chi connectivity index (χ3n) is 3.16. The first kappa shape index (κ1) is 16.8. The topological polar surface area (TPSA) is 46.2 Å². The van der Waals surface area contributed by atoms with Gasteiger partial charge in [0.1, 0.15) is 0 Å². The van der Waals surface area contributed by atoms with Crippen LogP contribution in [0.15, 0.2) is 18.2 Å². The van der Waals surface area contributed by atoms with E-state index in [1.807, 2.05) is 6.92 Å². The van der Waals surface area contributed by atoms with E-state index in [-0.39, 0.29) is 6.04 Å². The van der Waals surface area contributed by atoms with Crippen LogP contribution in [0.25, 0.3) is 0 Å². The smallest absolute Gasteiger partial charge is 0.151 e. The molecule has 3 nitrogen and oxygen atoms in total. The standard InChI is InChI=1S/C13H19Cl2NO2S/c1-4-16-13(9(2)19(3,17)18)8-10-7-11(14)5-6-12(10)15/h5-7,9,13,16H,4,8H2,1-3H3. The molecule has 0 heterocycles. The highest BCUT2D eigenvalue weighted by molar-refractivity contribution is 7.91.